The van der Waals surface area contributed by atoms with Crippen LogP contribution in [0.5, 0.6) is 5.75 Å². The zero-order valence-corrected chi connectivity index (χ0v) is 15.6. The summed E-state index contributed by atoms with van der Waals surface area (Å²) in [5.41, 5.74) is 4.06. The predicted octanol–water partition coefficient (Wildman–Crippen LogP) is 5.57. The van der Waals surface area contributed by atoms with Gasteiger partial charge in [0.05, 0.1) is 4.08 Å². The number of hydrogen-bond donors (Lipinski definition) is 1. The lowest BCUT2D eigenvalue weighted by Gasteiger charge is -2.64. The van der Waals surface area contributed by atoms with Crippen molar-refractivity contribution >= 4 is 23.5 Å². The quantitative estimate of drug-likeness (QED) is 0.663. The molecular formula is C20H26OS2. The van der Waals surface area contributed by atoms with Crippen LogP contribution in [-0.4, -0.2) is 20.7 Å². The molecule has 5 rings (SSSR count). The first-order valence-corrected chi connectivity index (χ1v) is 11.1. The molecule has 1 aliphatic heterocycles. The first-order chi connectivity index (χ1) is 11.1. The summed E-state index contributed by atoms with van der Waals surface area (Å²) in [6.45, 7) is 2.54. The van der Waals surface area contributed by atoms with E-state index in [4.69, 9.17) is 0 Å². The van der Waals surface area contributed by atoms with Gasteiger partial charge in [-0.05, 0) is 85.0 Å². The van der Waals surface area contributed by atoms with Crippen molar-refractivity contribution in [2.45, 2.75) is 61.9 Å². The molecular weight excluding hydrogens is 320 g/mol. The van der Waals surface area contributed by atoms with E-state index in [1.165, 1.54) is 55.6 Å². The van der Waals surface area contributed by atoms with Gasteiger partial charge in [0.15, 0.2) is 0 Å². The Morgan fingerprint density at radius 2 is 1.83 bits per heavy atom. The van der Waals surface area contributed by atoms with E-state index < -0.39 is 0 Å². The van der Waals surface area contributed by atoms with Gasteiger partial charge >= 0.3 is 0 Å². The zero-order valence-electron chi connectivity index (χ0n) is 13.9. The summed E-state index contributed by atoms with van der Waals surface area (Å²) in [6, 6.07) is 6.19. The van der Waals surface area contributed by atoms with Crippen LogP contribution in [0.15, 0.2) is 18.2 Å². The van der Waals surface area contributed by atoms with E-state index in [9.17, 15) is 5.11 Å². The molecule has 1 nitrogen and oxygen atoms in total. The van der Waals surface area contributed by atoms with Gasteiger partial charge in [0.1, 0.15) is 5.75 Å². The molecule has 0 amide bonds. The zero-order chi connectivity index (χ0) is 15.7. The third kappa shape index (κ3) is 1.96. The second-order valence-electron chi connectivity index (χ2n) is 8.52. The Morgan fingerprint density at radius 1 is 1.04 bits per heavy atom. The minimum Gasteiger partial charge on any atom is -0.508 e. The molecule has 23 heavy (non-hydrogen) atoms. The highest BCUT2D eigenvalue weighted by Crippen LogP contribution is 2.75. The molecule has 124 valence electrons. The number of benzene rings is 1. The van der Waals surface area contributed by atoms with E-state index in [1.807, 2.05) is 12.1 Å². The third-order valence-electron chi connectivity index (χ3n) is 7.57. The summed E-state index contributed by atoms with van der Waals surface area (Å²) in [7, 11) is 0. The number of hydrogen-bond acceptors (Lipinski definition) is 3. The smallest absolute Gasteiger partial charge is 0.115 e. The molecule has 4 aliphatic rings. The maximum absolute atomic E-state index is 9.87. The van der Waals surface area contributed by atoms with Gasteiger partial charge in [-0.25, -0.2) is 0 Å². The van der Waals surface area contributed by atoms with Crippen LogP contribution in [0.3, 0.4) is 0 Å². The van der Waals surface area contributed by atoms with Crippen molar-refractivity contribution in [3.63, 3.8) is 0 Å². The molecule has 1 N–H and O–H groups in total. The molecule has 0 aromatic heterocycles. The second kappa shape index (κ2) is 4.88. The largest absolute Gasteiger partial charge is 0.508 e. The molecule has 1 aromatic rings. The highest BCUT2D eigenvalue weighted by atomic mass is 32.2. The molecule has 0 radical (unpaired) electrons. The molecule has 3 atom stereocenters. The normalized spacial score (nSPS) is 40.7. The standard InChI is InChI=1S/C20H26OS2/c1-18-5-4-14-12-15(21)2-3-16(14)17(18)13-19(7-6-18)8-9-20(19)22-10-11-23-20/h2-3,12,17,21H,4-11,13H2,1H3. The van der Waals surface area contributed by atoms with Crippen molar-refractivity contribution in [1.29, 1.82) is 0 Å². The Morgan fingerprint density at radius 3 is 2.57 bits per heavy atom. The van der Waals surface area contributed by atoms with Crippen LogP contribution in [0.4, 0.5) is 0 Å². The molecule has 3 fully saturated rings. The summed E-state index contributed by atoms with van der Waals surface area (Å²) >= 11 is 4.56. The number of phenols is 1. The SMILES string of the molecule is CC12CCc3cc(O)ccc3C1CC1(CC2)CCC12SCCS2. The van der Waals surface area contributed by atoms with Crippen molar-refractivity contribution in [3.05, 3.63) is 29.3 Å². The monoisotopic (exact) mass is 346 g/mol. The van der Waals surface area contributed by atoms with E-state index in [1.54, 1.807) is 5.56 Å². The van der Waals surface area contributed by atoms with Crippen molar-refractivity contribution in [2.24, 2.45) is 10.8 Å². The van der Waals surface area contributed by atoms with Crippen LogP contribution in [0.25, 0.3) is 0 Å². The minimum absolute atomic E-state index is 0.444. The summed E-state index contributed by atoms with van der Waals surface area (Å²) < 4.78 is 0.558. The van der Waals surface area contributed by atoms with E-state index in [0.29, 0.717) is 26.6 Å². The van der Waals surface area contributed by atoms with E-state index in [-0.39, 0.29) is 0 Å². The van der Waals surface area contributed by atoms with E-state index in [2.05, 4.69) is 36.5 Å². The number of phenolic OH excluding ortho intramolecular Hbond substituents is 1. The highest BCUT2D eigenvalue weighted by Gasteiger charge is 2.64. The van der Waals surface area contributed by atoms with Gasteiger partial charge in [-0.15, -0.1) is 23.5 Å². The van der Waals surface area contributed by atoms with Crippen molar-refractivity contribution in [1.82, 2.24) is 0 Å². The topological polar surface area (TPSA) is 20.2 Å². The van der Waals surface area contributed by atoms with Gasteiger partial charge in [0.25, 0.3) is 0 Å². The Balaban J connectivity index is 1.54. The second-order valence-corrected chi connectivity index (χ2v) is 11.6. The molecule has 1 aromatic carbocycles. The van der Waals surface area contributed by atoms with Gasteiger partial charge in [0, 0.05) is 11.5 Å². The van der Waals surface area contributed by atoms with Gasteiger partial charge in [-0.1, -0.05) is 13.0 Å². The lowest BCUT2D eigenvalue weighted by atomic mass is 9.48. The fourth-order valence-corrected chi connectivity index (χ4v) is 9.79. The maximum atomic E-state index is 9.87. The molecule has 3 heteroatoms. The molecule has 2 saturated carbocycles. The minimum atomic E-state index is 0.444. The van der Waals surface area contributed by atoms with Crippen molar-refractivity contribution in [2.75, 3.05) is 11.5 Å². The summed E-state index contributed by atoms with van der Waals surface area (Å²) in [5, 5.41) is 9.87. The summed E-state index contributed by atoms with van der Waals surface area (Å²) in [6.07, 6.45) is 9.59. The van der Waals surface area contributed by atoms with Gasteiger partial charge in [-0.3, -0.25) is 0 Å². The van der Waals surface area contributed by atoms with Crippen LogP contribution >= 0.6 is 23.5 Å². The van der Waals surface area contributed by atoms with Crippen LogP contribution in [0.2, 0.25) is 0 Å². The average Bonchev–Trinajstić information content (AvgIpc) is 3.05. The van der Waals surface area contributed by atoms with Crippen LogP contribution in [-0.2, 0) is 6.42 Å². The van der Waals surface area contributed by atoms with Gasteiger partial charge in [-0.2, -0.15) is 0 Å². The molecule has 2 spiro atoms. The first-order valence-electron chi connectivity index (χ1n) is 9.16. The number of rotatable bonds is 0. The van der Waals surface area contributed by atoms with Crippen LogP contribution in [0, 0.1) is 10.8 Å². The molecule has 1 saturated heterocycles. The number of thioether (sulfide) groups is 2. The van der Waals surface area contributed by atoms with Gasteiger partial charge < -0.3 is 5.11 Å². The van der Waals surface area contributed by atoms with Crippen LogP contribution < -0.4 is 0 Å². The molecule has 3 aliphatic carbocycles. The summed E-state index contributed by atoms with van der Waals surface area (Å²) in [5.74, 6) is 3.87. The Hall–Kier alpha value is -0.280. The Bertz CT molecular complexity index is 651. The lowest BCUT2D eigenvalue weighted by molar-refractivity contribution is -0.00886. The number of fused-ring (bicyclic) bond motifs is 4. The molecule has 0 bridgehead atoms. The fraction of sp³-hybridized carbons (Fsp3) is 0.700. The highest BCUT2D eigenvalue weighted by molar-refractivity contribution is 8.21. The Kier molecular flexibility index (Phi) is 3.18. The van der Waals surface area contributed by atoms with E-state index in [0.717, 1.165) is 6.42 Å². The molecule has 3 unspecified atom stereocenters. The first kappa shape index (κ1) is 15.0. The third-order valence-corrected chi connectivity index (χ3v) is 11.6. The molecule has 1 heterocycles. The average molecular weight is 347 g/mol. The van der Waals surface area contributed by atoms with Crippen molar-refractivity contribution in [3.8, 4) is 5.75 Å². The Labute approximate surface area is 148 Å². The van der Waals surface area contributed by atoms with Gasteiger partial charge in [0.2, 0.25) is 0 Å². The number of aryl methyl sites for hydroxylation is 1. The van der Waals surface area contributed by atoms with Crippen LogP contribution in [0.1, 0.15) is 62.5 Å². The summed E-state index contributed by atoms with van der Waals surface area (Å²) in [4.78, 5) is 0. The fourth-order valence-electron chi connectivity index (χ4n) is 5.95. The number of aromatic hydroxyl groups is 1. The van der Waals surface area contributed by atoms with Crippen molar-refractivity contribution < 1.29 is 5.11 Å². The van der Waals surface area contributed by atoms with E-state index >= 15 is 0 Å². The lowest BCUT2D eigenvalue weighted by Crippen LogP contribution is -2.56. The predicted molar refractivity (Wildman–Crippen MR) is 100 cm³/mol. The maximum Gasteiger partial charge on any atom is 0.115 e.